The normalized spacial score (nSPS) is 16.6. The second-order valence-electron chi connectivity index (χ2n) is 6.28. The van der Waals surface area contributed by atoms with Crippen molar-refractivity contribution in [2.45, 2.75) is 64.5 Å². The van der Waals surface area contributed by atoms with E-state index in [1.807, 2.05) is 37.3 Å². The van der Waals surface area contributed by atoms with Crippen LogP contribution >= 0.6 is 0 Å². The Balaban J connectivity index is 1.86. The highest BCUT2D eigenvalue weighted by atomic mass is 16.5. The molecule has 1 aliphatic carbocycles. The van der Waals surface area contributed by atoms with Gasteiger partial charge in [0.15, 0.2) is 0 Å². The predicted octanol–water partition coefficient (Wildman–Crippen LogP) is 3.60. The van der Waals surface area contributed by atoms with Gasteiger partial charge in [0.05, 0.1) is 0 Å². The number of carbonyl (C=O) groups excluding carboxylic acids is 2. The van der Waals surface area contributed by atoms with E-state index in [4.69, 9.17) is 4.74 Å². The van der Waals surface area contributed by atoms with Gasteiger partial charge in [-0.1, -0.05) is 62.9 Å². The molecule has 1 atom stereocenters. The van der Waals surface area contributed by atoms with E-state index in [0.717, 1.165) is 37.7 Å². The van der Waals surface area contributed by atoms with Crippen molar-refractivity contribution >= 4 is 11.9 Å². The summed E-state index contributed by atoms with van der Waals surface area (Å²) in [6.45, 7) is 2.25. The lowest BCUT2D eigenvalue weighted by molar-refractivity contribution is -0.149. The van der Waals surface area contributed by atoms with Gasteiger partial charge in [-0.3, -0.25) is 4.79 Å². The van der Waals surface area contributed by atoms with E-state index in [-0.39, 0.29) is 24.4 Å². The molecule has 4 nitrogen and oxygen atoms in total. The lowest BCUT2D eigenvalue weighted by Gasteiger charge is -2.24. The van der Waals surface area contributed by atoms with Gasteiger partial charge in [0.2, 0.25) is 5.91 Å². The Bertz CT molecular complexity index is 495. The molecule has 1 N–H and O–H groups in total. The molecule has 2 rings (SSSR count). The summed E-state index contributed by atoms with van der Waals surface area (Å²) in [5.41, 5.74) is 0.953. The van der Waals surface area contributed by atoms with E-state index in [1.165, 1.54) is 6.42 Å². The van der Waals surface area contributed by atoms with Crippen LogP contribution in [-0.2, 0) is 20.9 Å². The topological polar surface area (TPSA) is 55.4 Å². The molecule has 1 saturated carbocycles. The molecule has 126 valence electrons. The zero-order chi connectivity index (χ0) is 16.5. The quantitative estimate of drug-likeness (QED) is 0.782. The lowest BCUT2D eigenvalue weighted by atomic mass is 9.88. The number of carbonyl (C=O) groups is 2. The third-order valence-electron chi connectivity index (χ3n) is 4.38. The van der Waals surface area contributed by atoms with Crippen LogP contribution in [0, 0.1) is 5.92 Å². The number of hydrogen-bond donors (Lipinski definition) is 1. The van der Waals surface area contributed by atoms with Crippen LogP contribution in [0.2, 0.25) is 0 Å². The van der Waals surface area contributed by atoms with Gasteiger partial charge in [-0.25, -0.2) is 4.79 Å². The Hall–Kier alpha value is -1.84. The average molecular weight is 317 g/mol. The fourth-order valence-electron chi connectivity index (χ4n) is 3.02. The van der Waals surface area contributed by atoms with Gasteiger partial charge in [-0.15, -0.1) is 0 Å². The van der Waals surface area contributed by atoms with Crippen LogP contribution in [0.1, 0.15) is 57.4 Å². The van der Waals surface area contributed by atoms with Gasteiger partial charge in [0, 0.05) is 5.92 Å². The third kappa shape index (κ3) is 5.70. The molecule has 0 spiro atoms. The SMILES string of the molecule is CCC[C@H](NC(=O)C1CCCCC1)C(=O)OCc1ccccc1. The molecule has 1 fully saturated rings. The molecule has 23 heavy (non-hydrogen) atoms. The van der Waals surface area contributed by atoms with E-state index < -0.39 is 6.04 Å². The summed E-state index contributed by atoms with van der Waals surface area (Å²) in [6, 6.07) is 9.06. The second kappa shape index (κ2) is 9.33. The summed E-state index contributed by atoms with van der Waals surface area (Å²) in [5, 5.41) is 2.91. The number of nitrogens with one attached hydrogen (secondary N) is 1. The zero-order valence-electron chi connectivity index (χ0n) is 13.9. The Kier molecular flexibility index (Phi) is 7.11. The third-order valence-corrected chi connectivity index (χ3v) is 4.38. The number of ether oxygens (including phenoxy) is 1. The molecular weight excluding hydrogens is 290 g/mol. The smallest absolute Gasteiger partial charge is 0.328 e. The number of rotatable bonds is 7. The van der Waals surface area contributed by atoms with Crippen LogP contribution in [0.25, 0.3) is 0 Å². The van der Waals surface area contributed by atoms with E-state index in [0.29, 0.717) is 6.42 Å². The summed E-state index contributed by atoms with van der Waals surface area (Å²) < 4.78 is 5.38. The Morgan fingerprint density at radius 1 is 1.17 bits per heavy atom. The molecule has 1 aliphatic rings. The Morgan fingerprint density at radius 2 is 1.87 bits per heavy atom. The summed E-state index contributed by atoms with van der Waals surface area (Å²) in [5.74, 6) is -0.260. The van der Waals surface area contributed by atoms with Crippen LogP contribution in [0.4, 0.5) is 0 Å². The van der Waals surface area contributed by atoms with Crippen LogP contribution in [0.3, 0.4) is 0 Å². The van der Waals surface area contributed by atoms with Crippen molar-refractivity contribution in [2.24, 2.45) is 5.92 Å². The molecule has 0 heterocycles. The molecule has 1 amide bonds. The van der Waals surface area contributed by atoms with E-state index >= 15 is 0 Å². The number of benzene rings is 1. The van der Waals surface area contributed by atoms with Crippen molar-refractivity contribution in [1.29, 1.82) is 0 Å². The number of hydrogen-bond acceptors (Lipinski definition) is 3. The van der Waals surface area contributed by atoms with Crippen molar-refractivity contribution in [1.82, 2.24) is 5.32 Å². The monoisotopic (exact) mass is 317 g/mol. The molecule has 0 bridgehead atoms. The standard InChI is InChI=1S/C19H27NO3/c1-2-9-17(20-18(21)16-12-7-4-8-13-16)19(22)23-14-15-10-5-3-6-11-15/h3,5-6,10-11,16-17H,2,4,7-9,12-14H2,1H3,(H,20,21)/t17-/m0/s1. The van der Waals surface area contributed by atoms with Crippen LogP contribution in [0.15, 0.2) is 30.3 Å². The molecule has 0 unspecified atom stereocenters. The van der Waals surface area contributed by atoms with Crippen molar-refractivity contribution in [3.05, 3.63) is 35.9 Å². The first-order chi connectivity index (χ1) is 11.2. The van der Waals surface area contributed by atoms with E-state index in [2.05, 4.69) is 5.32 Å². The van der Waals surface area contributed by atoms with Gasteiger partial charge in [0.1, 0.15) is 12.6 Å². The van der Waals surface area contributed by atoms with Gasteiger partial charge in [-0.2, -0.15) is 0 Å². The minimum atomic E-state index is -0.530. The summed E-state index contributed by atoms with van der Waals surface area (Å²) in [4.78, 5) is 24.6. The molecule has 0 saturated heterocycles. The maximum absolute atomic E-state index is 12.3. The highest BCUT2D eigenvalue weighted by molar-refractivity contribution is 5.85. The minimum Gasteiger partial charge on any atom is -0.459 e. The lowest BCUT2D eigenvalue weighted by Crippen LogP contribution is -2.44. The van der Waals surface area contributed by atoms with Gasteiger partial charge >= 0.3 is 5.97 Å². The van der Waals surface area contributed by atoms with Crippen molar-refractivity contribution < 1.29 is 14.3 Å². The Labute approximate surface area is 138 Å². The molecule has 4 heteroatoms. The molecular formula is C19H27NO3. The first-order valence-electron chi connectivity index (χ1n) is 8.71. The predicted molar refractivity (Wildman–Crippen MR) is 89.7 cm³/mol. The van der Waals surface area contributed by atoms with Crippen LogP contribution < -0.4 is 5.32 Å². The number of esters is 1. The molecule has 0 aromatic heterocycles. The first-order valence-corrected chi connectivity index (χ1v) is 8.71. The highest BCUT2D eigenvalue weighted by Crippen LogP contribution is 2.24. The fraction of sp³-hybridized carbons (Fsp3) is 0.579. The van der Waals surface area contributed by atoms with Crippen LogP contribution in [-0.4, -0.2) is 17.9 Å². The molecule has 1 aromatic carbocycles. The Morgan fingerprint density at radius 3 is 2.52 bits per heavy atom. The highest BCUT2D eigenvalue weighted by Gasteiger charge is 2.27. The van der Waals surface area contributed by atoms with Crippen molar-refractivity contribution in [3.63, 3.8) is 0 Å². The zero-order valence-corrected chi connectivity index (χ0v) is 13.9. The molecule has 1 aromatic rings. The van der Waals surface area contributed by atoms with Crippen molar-refractivity contribution in [3.8, 4) is 0 Å². The van der Waals surface area contributed by atoms with Crippen LogP contribution in [0.5, 0.6) is 0 Å². The second-order valence-corrected chi connectivity index (χ2v) is 6.28. The largest absolute Gasteiger partial charge is 0.459 e. The van der Waals surface area contributed by atoms with Gasteiger partial charge in [0.25, 0.3) is 0 Å². The molecule has 0 aliphatic heterocycles. The van der Waals surface area contributed by atoms with E-state index in [1.54, 1.807) is 0 Å². The number of amides is 1. The molecule has 0 radical (unpaired) electrons. The fourth-order valence-corrected chi connectivity index (χ4v) is 3.02. The van der Waals surface area contributed by atoms with Crippen molar-refractivity contribution in [2.75, 3.05) is 0 Å². The van der Waals surface area contributed by atoms with Gasteiger partial charge < -0.3 is 10.1 Å². The maximum atomic E-state index is 12.3. The summed E-state index contributed by atoms with van der Waals surface area (Å²) in [6.07, 6.45) is 6.74. The minimum absolute atomic E-state index is 0.0137. The van der Waals surface area contributed by atoms with Gasteiger partial charge in [-0.05, 0) is 24.8 Å². The summed E-state index contributed by atoms with van der Waals surface area (Å²) in [7, 11) is 0. The first kappa shape index (κ1) is 17.5. The average Bonchev–Trinajstić information content (AvgIpc) is 2.61. The summed E-state index contributed by atoms with van der Waals surface area (Å²) >= 11 is 0. The van der Waals surface area contributed by atoms with E-state index in [9.17, 15) is 9.59 Å². The maximum Gasteiger partial charge on any atom is 0.328 e.